The topological polar surface area (TPSA) is 76.6 Å². The van der Waals surface area contributed by atoms with E-state index in [2.05, 4.69) is 4.98 Å². The predicted molar refractivity (Wildman–Crippen MR) is 72.0 cm³/mol. The molecule has 20 heavy (non-hydrogen) atoms. The van der Waals surface area contributed by atoms with Gasteiger partial charge in [-0.15, -0.1) is 0 Å². The molecule has 0 unspecified atom stereocenters. The highest BCUT2D eigenvalue weighted by molar-refractivity contribution is 5.86. The highest BCUT2D eigenvalue weighted by atomic mass is 16.4. The number of aromatic carboxylic acids is 1. The van der Waals surface area contributed by atoms with Crippen molar-refractivity contribution in [3.63, 3.8) is 0 Å². The lowest BCUT2D eigenvalue weighted by Crippen LogP contribution is -2.16. The zero-order valence-electron chi connectivity index (χ0n) is 10.4. The lowest BCUT2D eigenvalue weighted by molar-refractivity contribution is 0.0694. The molecular weight excluding hydrogens is 258 g/mol. The van der Waals surface area contributed by atoms with E-state index < -0.39 is 11.4 Å². The van der Waals surface area contributed by atoms with E-state index in [1.54, 1.807) is 10.8 Å². The largest absolute Gasteiger partial charge is 0.477 e. The molecule has 0 saturated carbocycles. The molecule has 3 heterocycles. The lowest BCUT2D eigenvalue weighted by Gasteiger charge is -2.04. The molecule has 0 aliphatic rings. The van der Waals surface area contributed by atoms with Gasteiger partial charge in [0.2, 0.25) is 0 Å². The maximum atomic E-state index is 11.4. The molecule has 0 atom stereocenters. The van der Waals surface area contributed by atoms with Crippen LogP contribution >= 0.6 is 0 Å². The second-order valence-electron chi connectivity index (χ2n) is 4.40. The first kappa shape index (κ1) is 12.2. The molecule has 0 aliphatic heterocycles. The molecule has 3 aromatic rings. The monoisotopic (exact) mass is 269 g/mol. The summed E-state index contributed by atoms with van der Waals surface area (Å²) >= 11 is 0. The van der Waals surface area contributed by atoms with Gasteiger partial charge in [-0.3, -0.25) is 4.79 Å². The van der Waals surface area contributed by atoms with Crippen LogP contribution in [0.4, 0.5) is 0 Å². The van der Waals surface area contributed by atoms with Gasteiger partial charge in [0, 0.05) is 30.9 Å². The average molecular weight is 269 g/mol. The van der Waals surface area contributed by atoms with Crippen molar-refractivity contribution in [3.05, 3.63) is 70.5 Å². The molecule has 0 amide bonds. The van der Waals surface area contributed by atoms with Crippen LogP contribution in [-0.4, -0.2) is 25.0 Å². The second-order valence-corrected chi connectivity index (χ2v) is 4.40. The molecule has 3 aromatic heterocycles. The van der Waals surface area contributed by atoms with E-state index in [9.17, 15) is 9.59 Å². The number of hydrogen-bond donors (Lipinski definition) is 1. The van der Waals surface area contributed by atoms with Crippen LogP contribution in [0.25, 0.3) is 5.65 Å². The first-order valence-electron chi connectivity index (χ1n) is 5.99. The summed E-state index contributed by atoms with van der Waals surface area (Å²) in [6, 6.07) is 6.94. The van der Waals surface area contributed by atoms with Gasteiger partial charge in [0.25, 0.3) is 0 Å². The van der Waals surface area contributed by atoms with Crippen molar-refractivity contribution >= 4 is 11.6 Å². The number of carboxylic acids is 1. The molecule has 6 heteroatoms. The summed E-state index contributed by atoms with van der Waals surface area (Å²) in [5, 5.41) is 8.94. The van der Waals surface area contributed by atoms with E-state index in [-0.39, 0.29) is 5.56 Å². The van der Waals surface area contributed by atoms with E-state index >= 15 is 0 Å². The molecule has 0 aliphatic carbocycles. The van der Waals surface area contributed by atoms with Crippen molar-refractivity contribution < 1.29 is 9.90 Å². The fraction of sp³-hybridized carbons (Fsp3) is 0.0714. The average Bonchev–Trinajstić information content (AvgIpc) is 2.82. The summed E-state index contributed by atoms with van der Waals surface area (Å²) in [5.41, 5.74) is 0.873. The van der Waals surface area contributed by atoms with Crippen molar-refractivity contribution in [1.82, 2.24) is 14.0 Å². The van der Waals surface area contributed by atoms with Crippen LogP contribution in [0.5, 0.6) is 0 Å². The summed E-state index contributed by atoms with van der Waals surface area (Å²) in [7, 11) is 0. The molecule has 0 spiro atoms. The number of hydrogen-bond acceptors (Lipinski definition) is 3. The Morgan fingerprint density at radius 1 is 1.20 bits per heavy atom. The van der Waals surface area contributed by atoms with Gasteiger partial charge >= 0.3 is 5.97 Å². The summed E-state index contributed by atoms with van der Waals surface area (Å²) in [6.07, 6.45) is 6.64. The molecule has 0 bridgehead atoms. The standard InChI is InChI=1S/C14H11N3O3/c18-12-4-6-16(9-11(12)14(19)20)7-10-8-17-5-2-1-3-13(17)15-10/h1-6,8-9H,7H2,(H,19,20). The Morgan fingerprint density at radius 3 is 2.80 bits per heavy atom. The van der Waals surface area contributed by atoms with E-state index in [1.807, 2.05) is 35.0 Å². The molecule has 100 valence electrons. The zero-order chi connectivity index (χ0) is 14.1. The molecule has 3 rings (SSSR count). The normalized spacial score (nSPS) is 10.8. The minimum atomic E-state index is -1.22. The third-order valence-corrected chi connectivity index (χ3v) is 2.97. The Morgan fingerprint density at radius 2 is 2.05 bits per heavy atom. The SMILES string of the molecule is O=C(O)c1cn(Cc2cn3ccccc3n2)ccc1=O. The summed E-state index contributed by atoms with van der Waals surface area (Å²) in [5.74, 6) is -1.22. The first-order chi connectivity index (χ1) is 9.63. The van der Waals surface area contributed by atoms with Crippen LogP contribution in [0.1, 0.15) is 16.1 Å². The molecule has 0 aromatic carbocycles. The quantitative estimate of drug-likeness (QED) is 0.776. The number of fused-ring (bicyclic) bond motifs is 1. The van der Waals surface area contributed by atoms with Crippen LogP contribution in [-0.2, 0) is 6.54 Å². The Balaban J connectivity index is 1.96. The molecule has 0 radical (unpaired) electrons. The fourth-order valence-corrected chi connectivity index (χ4v) is 2.04. The van der Waals surface area contributed by atoms with Crippen molar-refractivity contribution in [2.24, 2.45) is 0 Å². The molecular formula is C14H11N3O3. The number of nitrogens with zero attached hydrogens (tertiary/aromatic N) is 3. The van der Waals surface area contributed by atoms with Crippen molar-refractivity contribution in [2.45, 2.75) is 6.54 Å². The number of imidazole rings is 1. The Labute approximate surface area is 113 Å². The summed E-state index contributed by atoms with van der Waals surface area (Å²) < 4.78 is 3.52. The highest BCUT2D eigenvalue weighted by Crippen LogP contribution is 2.06. The van der Waals surface area contributed by atoms with E-state index in [0.29, 0.717) is 6.54 Å². The fourth-order valence-electron chi connectivity index (χ4n) is 2.04. The number of rotatable bonds is 3. The van der Waals surface area contributed by atoms with Crippen molar-refractivity contribution in [2.75, 3.05) is 0 Å². The van der Waals surface area contributed by atoms with E-state index in [1.165, 1.54) is 12.3 Å². The number of carboxylic acid groups (broad SMARTS) is 1. The first-order valence-corrected chi connectivity index (χ1v) is 5.99. The third-order valence-electron chi connectivity index (χ3n) is 2.97. The lowest BCUT2D eigenvalue weighted by atomic mass is 10.2. The Hall–Kier alpha value is -2.89. The second kappa shape index (κ2) is 4.65. The number of carbonyl (C=O) groups is 1. The Kier molecular flexibility index (Phi) is 2.83. The van der Waals surface area contributed by atoms with Gasteiger partial charge in [-0.25, -0.2) is 9.78 Å². The van der Waals surface area contributed by atoms with Crippen LogP contribution in [0.2, 0.25) is 0 Å². The van der Waals surface area contributed by atoms with E-state index in [4.69, 9.17) is 5.11 Å². The van der Waals surface area contributed by atoms with Gasteiger partial charge in [-0.05, 0) is 12.1 Å². The molecule has 1 N–H and O–H groups in total. The van der Waals surface area contributed by atoms with Gasteiger partial charge in [-0.2, -0.15) is 0 Å². The summed E-state index contributed by atoms with van der Waals surface area (Å²) in [4.78, 5) is 26.7. The maximum Gasteiger partial charge on any atom is 0.341 e. The number of pyridine rings is 2. The van der Waals surface area contributed by atoms with Crippen LogP contribution in [0.3, 0.4) is 0 Å². The van der Waals surface area contributed by atoms with Gasteiger partial charge < -0.3 is 14.1 Å². The van der Waals surface area contributed by atoms with Crippen LogP contribution in [0, 0.1) is 0 Å². The zero-order valence-corrected chi connectivity index (χ0v) is 10.4. The molecule has 6 nitrogen and oxygen atoms in total. The Bertz CT molecular complexity index is 815. The van der Waals surface area contributed by atoms with E-state index in [0.717, 1.165) is 11.3 Å². The predicted octanol–water partition coefficient (Wildman–Crippen LogP) is 1.24. The highest BCUT2D eigenvalue weighted by Gasteiger charge is 2.09. The van der Waals surface area contributed by atoms with Gasteiger partial charge in [0.15, 0.2) is 5.43 Å². The molecule has 0 saturated heterocycles. The number of aromatic nitrogens is 3. The third kappa shape index (κ3) is 2.18. The van der Waals surface area contributed by atoms with Gasteiger partial charge in [0.1, 0.15) is 11.2 Å². The minimum Gasteiger partial charge on any atom is -0.477 e. The van der Waals surface area contributed by atoms with Crippen molar-refractivity contribution in [3.8, 4) is 0 Å². The maximum absolute atomic E-state index is 11.4. The molecule has 0 fully saturated rings. The smallest absolute Gasteiger partial charge is 0.341 e. The minimum absolute atomic E-state index is 0.240. The van der Waals surface area contributed by atoms with Crippen molar-refractivity contribution in [1.29, 1.82) is 0 Å². The van der Waals surface area contributed by atoms with Crippen LogP contribution in [0.15, 0.2) is 53.8 Å². The van der Waals surface area contributed by atoms with Crippen LogP contribution < -0.4 is 5.43 Å². The summed E-state index contributed by atoms with van der Waals surface area (Å²) in [6.45, 7) is 0.405. The van der Waals surface area contributed by atoms with Gasteiger partial charge in [-0.1, -0.05) is 6.07 Å². The van der Waals surface area contributed by atoms with Gasteiger partial charge in [0.05, 0.1) is 12.2 Å².